The van der Waals surface area contributed by atoms with Crippen LogP contribution in [0.2, 0.25) is 0 Å². The Morgan fingerprint density at radius 1 is 0.963 bits per heavy atom. The van der Waals surface area contributed by atoms with Crippen LogP contribution >= 0.6 is 0 Å². The van der Waals surface area contributed by atoms with E-state index in [1.54, 1.807) is 5.82 Å². The summed E-state index contributed by atoms with van der Waals surface area (Å²) >= 11 is 0. The fraction of sp³-hybridized carbons (Fsp3) is 0.560. The third-order valence-electron chi connectivity index (χ3n) is 7.72. The molecule has 27 heavy (non-hydrogen) atoms. The Hall–Kier alpha value is -1.83. The van der Waals surface area contributed by atoms with Crippen LogP contribution in [0.4, 0.5) is 0 Å². The minimum Gasteiger partial charge on any atom is -0.218 e. The molecule has 142 valence electrons. The van der Waals surface area contributed by atoms with E-state index in [2.05, 4.69) is 66.3 Å². The fourth-order valence-electron chi connectivity index (χ4n) is 6.19. The Balaban J connectivity index is 1.76. The Labute approximate surface area is 163 Å². The zero-order valence-electron chi connectivity index (χ0n) is 17.2. The highest BCUT2D eigenvalue weighted by Crippen LogP contribution is 2.44. The molecule has 2 heterocycles. The third-order valence-corrected chi connectivity index (χ3v) is 7.72. The van der Waals surface area contributed by atoms with Crippen LogP contribution in [0, 0.1) is 19.8 Å². The van der Waals surface area contributed by atoms with Crippen molar-refractivity contribution in [2.75, 3.05) is 0 Å². The van der Waals surface area contributed by atoms with Crippen molar-refractivity contribution in [1.29, 1.82) is 0 Å². The van der Waals surface area contributed by atoms with Gasteiger partial charge in [0.25, 0.3) is 5.82 Å². The van der Waals surface area contributed by atoms with Crippen molar-refractivity contribution in [3.8, 4) is 5.69 Å². The second kappa shape index (κ2) is 6.36. The standard InChI is InChI=1S/C25H33N2/c1-18-10-4-9-15-22(18)26-19(2)23-16-17-25(3,21-13-7-8-14-21)27(23)24(26)20-11-5-6-12-20/h4,9-10,15-17,20-21H,5-8,11-14H2,1-3H3/q+1. The van der Waals surface area contributed by atoms with Gasteiger partial charge in [-0.25, -0.2) is 4.57 Å². The molecular formula is C25H33N2+. The van der Waals surface area contributed by atoms with Crippen LogP contribution in [0.25, 0.3) is 11.8 Å². The van der Waals surface area contributed by atoms with Gasteiger partial charge in [0.1, 0.15) is 11.2 Å². The maximum absolute atomic E-state index is 2.78. The number of aromatic nitrogens is 2. The fourth-order valence-corrected chi connectivity index (χ4v) is 6.19. The molecule has 0 amide bonds. The molecule has 1 aliphatic heterocycles. The molecule has 2 saturated carbocycles. The molecule has 1 atom stereocenters. The lowest BCUT2D eigenvalue weighted by Gasteiger charge is -2.29. The van der Waals surface area contributed by atoms with Crippen molar-refractivity contribution < 1.29 is 4.57 Å². The molecule has 2 fully saturated rings. The Bertz CT molecular complexity index is 891. The van der Waals surface area contributed by atoms with E-state index in [-0.39, 0.29) is 5.54 Å². The summed E-state index contributed by atoms with van der Waals surface area (Å²) in [4.78, 5) is 0. The molecule has 3 aliphatic rings. The van der Waals surface area contributed by atoms with Crippen molar-refractivity contribution >= 4 is 6.08 Å². The molecule has 0 radical (unpaired) electrons. The number of benzene rings is 1. The number of hydrogen-bond acceptors (Lipinski definition) is 0. The summed E-state index contributed by atoms with van der Waals surface area (Å²) in [6.07, 6.45) is 16.0. The first-order valence-electron chi connectivity index (χ1n) is 11.0. The van der Waals surface area contributed by atoms with Gasteiger partial charge < -0.3 is 0 Å². The molecule has 0 spiro atoms. The van der Waals surface area contributed by atoms with Crippen LogP contribution in [0.1, 0.15) is 87.0 Å². The average molecular weight is 362 g/mol. The summed E-state index contributed by atoms with van der Waals surface area (Å²) in [6.45, 7) is 7.10. The molecule has 2 heteroatoms. The summed E-state index contributed by atoms with van der Waals surface area (Å²) in [5.74, 6) is 3.05. The molecule has 0 saturated heterocycles. The lowest BCUT2D eigenvalue weighted by Crippen LogP contribution is -2.58. The molecule has 0 bridgehead atoms. The van der Waals surface area contributed by atoms with Gasteiger partial charge in [0.15, 0.2) is 11.4 Å². The van der Waals surface area contributed by atoms with E-state index in [0.29, 0.717) is 5.92 Å². The van der Waals surface area contributed by atoms with Crippen LogP contribution in [-0.2, 0) is 5.54 Å². The van der Waals surface area contributed by atoms with E-state index in [1.807, 2.05) is 0 Å². The van der Waals surface area contributed by atoms with Crippen molar-refractivity contribution in [1.82, 2.24) is 4.57 Å². The zero-order chi connectivity index (χ0) is 18.6. The highest BCUT2D eigenvalue weighted by Gasteiger charge is 2.49. The number of aryl methyl sites for hydroxylation is 1. The normalized spacial score (nSPS) is 25.6. The van der Waals surface area contributed by atoms with Gasteiger partial charge in [0.2, 0.25) is 0 Å². The highest BCUT2D eigenvalue weighted by molar-refractivity contribution is 5.53. The first-order valence-corrected chi connectivity index (χ1v) is 11.0. The summed E-state index contributed by atoms with van der Waals surface area (Å²) < 4.78 is 5.40. The summed E-state index contributed by atoms with van der Waals surface area (Å²) in [6, 6.07) is 8.93. The van der Waals surface area contributed by atoms with Crippen molar-refractivity contribution in [2.45, 2.75) is 83.6 Å². The molecule has 5 rings (SSSR count). The van der Waals surface area contributed by atoms with Crippen LogP contribution in [0.15, 0.2) is 30.3 Å². The molecule has 0 N–H and O–H groups in total. The van der Waals surface area contributed by atoms with Crippen molar-refractivity contribution in [3.63, 3.8) is 0 Å². The lowest BCUT2D eigenvalue weighted by atomic mass is 9.84. The van der Waals surface area contributed by atoms with Gasteiger partial charge in [0, 0.05) is 12.8 Å². The van der Waals surface area contributed by atoms with E-state index in [4.69, 9.17) is 0 Å². The lowest BCUT2D eigenvalue weighted by molar-refractivity contribution is -0.760. The maximum atomic E-state index is 2.78. The number of rotatable bonds is 3. The highest BCUT2D eigenvalue weighted by atomic mass is 15.2. The largest absolute Gasteiger partial charge is 0.266 e. The van der Waals surface area contributed by atoms with Gasteiger partial charge in [-0.05, 0) is 63.3 Å². The topological polar surface area (TPSA) is 8.81 Å². The first-order chi connectivity index (χ1) is 13.1. The van der Waals surface area contributed by atoms with Crippen LogP contribution < -0.4 is 4.57 Å². The van der Waals surface area contributed by atoms with Gasteiger partial charge in [-0.15, -0.1) is 0 Å². The molecular weight excluding hydrogens is 328 g/mol. The van der Waals surface area contributed by atoms with Crippen LogP contribution in [-0.4, -0.2) is 4.57 Å². The van der Waals surface area contributed by atoms with E-state index >= 15 is 0 Å². The number of nitrogens with zero attached hydrogens (tertiary/aromatic N) is 2. The second-order valence-corrected chi connectivity index (χ2v) is 9.31. The third kappa shape index (κ3) is 2.48. The summed E-state index contributed by atoms with van der Waals surface area (Å²) in [5, 5.41) is 0. The van der Waals surface area contributed by atoms with Crippen LogP contribution in [0.5, 0.6) is 0 Å². The Kier molecular flexibility index (Phi) is 4.07. The quantitative estimate of drug-likeness (QED) is 0.595. The van der Waals surface area contributed by atoms with E-state index in [0.717, 1.165) is 5.92 Å². The van der Waals surface area contributed by atoms with E-state index in [1.165, 1.54) is 74.0 Å². The number of para-hydroxylation sites is 1. The monoisotopic (exact) mass is 361 g/mol. The number of imidazole rings is 1. The number of fused-ring (bicyclic) bond motifs is 1. The average Bonchev–Trinajstić information content (AvgIpc) is 3.43. The van der Waals surface area contributed by atoms with Gasteiger partial charge in [-0.3, -0.25) is 0 Å². The van der Waals surface area contributed by atoms with E-state index < -0.39 is 0 Å². The molecule has 2 aromatic rings. The van der Waals surface area contributed by atoms with Gasteiger partial charge in [0.05, 0.1) is 5.92 Å². The Morgan fingerprint density at radius 2 is 1.63 bits per heavy atom. The van der Waals surface area contributed by atoms with E-state index in [9.17, 15) is 0 Å². The van der Waals surface area contributed by atoms with Gasteiger partial charge in [-0.1, -0.05) is 43.9 Å². The maximum Gasteiger partial charge on any atom is 0.266 e. The molecule has 1 aromatic heterocycles. The van der Waals surface area contributed by atoms with Crippen molar-refractivity contribution in [3.05, 3.63) is 53.1 Å². The van der Waals surface area contributed by atoms with Crippen molar-refractivity contribution in [2.24, 2.45) is 5.92 Å². The molecule has 2 nitrogen and oxygen atoms in total. The van der Waals surface area contributed by atoms with Crippen LogP contribution in [0.3, 0.4) is 0 Å². The predicted molar refractivity (Wildman–Crippen MR) is 111 cm³/mol. The summed E-state index contributed by atoms with van der Waals surface area (Å²) in [5.41, 5.74) is 5.78. The molecule has 1 aromatic carbocycles. The molecule has 2 aliphatic carbocycles. The number of hydrogen-bond donors (Lipinski definition) is 0. The second-order valence-electron chi connectivity index (χ2n) is 9.31. The minimum atomic E-state index is 0.155. The zero-order valence-corrected chi connectivity index (χ0v) is 17.2. The SMILES string of the molecule is Cc1ccccc1-n1c(C)c2[n+](c1C1CCCC1)C(C)(C1CCCC1)C=C2. The number of allylic oxidation sites excluding steroid dienone is 1. The Morgan fingerprint density at radius 3 is 2.33 bits per heavy atom. The van der Waals surface area contributed by atoms with Gasteiger partial charge >= 0.3 is 0 Å². The summed E-state index contributed by atoms with van der Waals surface area (Å²) in [7, 11) is 0. The molecule has 1 unspecified atom stereocenters. The minimum absolute atomic E-state index is 0.155. The first kappa shape index (κ1) is 17.3. The van der Waals surface area contributed by atoms with Gasteiger partial charge in [-0.2, -0.15) is 4.57 Å². The predicted octanol–water partition coefficient (Wildman–Crippen LogP) is 5.97. The smallest absolute Gasteiger partial charge is 0.218 e.